The van der Waals surface area contributed by atoms with Gasteiger partial charge in [0, 0.05) is 19.5 Å². The molecule has 2 aromatic carbocycles. The zero-order chi connectivity index (χ0) is 23.9. The van der Waals surface area contributed by atoms with Gasteiger partial charge >= 0.3 is 0 Å². The summed E-state index contributed by atoms with van der Waals surface area (Å²) in [6.07, 6.45) is 0.685. The van der Waals surface area contributed by atoms with Crippen molar-refractivity contribution in [2.45, 2.75) is 24.5 Å². The van der Waals surface area contributed by atoms with Crippen LogP contribution < -0.4 is 5.32 Å². The van der Waals surface area contributed by atoms with E-state index in [0.717, 1.165) is 22.0 Å². The molecule has 1 unspecified atom stereocenters. The maximum atomic E-state index is 13.1. The van der Waals surface area contributed by atoms with Crippen molar-refractivity contribution in [3.8, 4) is 11.1 Å². The highest BCUT2D eigenvalue weighted by Gasteiger charge is 2.53. The average molecular weight is 462 g/mol. The van der Waals surface area contributed by atoms with E-state index in [2.05, 4.69) is 15.5 Å². The molecule has 3 aromatic rings. The van der Waals surface area contributed by atoms with Gasteiger partial charge in [0.2, 0.25) is 5.91 Å². The molecule has 2 fully saturated rings. The van der Waals surface area contributed by atoms with Crippen molar-refractivity contribution in [1.29, 1.82) is 0 Å². The van der Waals surface area contributed by atoms with E-state index >= 15 is 0 Å². The third-order valence-corrected chi connectivity index (χ3v) is 6.68. The molecule has 3 heterocycles. The fraction of sp³-hybridized carbons (Fsp3) is 0.360. The van der Waals surface area contributed by atoms with Crippen LogP contribution in [-0.4, -0.2) is 83.2 Å². The summed E-state index contributed by atoms with van der Waals surface area (Å²) >= 11 is 0. The molecule has 1 atom stereocenters. The van der Waals surface area contributed by atoms with E-state index in [0.29, 0.717) is 31.6 Å². The van der Waals surface area contributed by atoms with E-state index in [1.54, 1.807) is 11.9 Å². The predicted octanol–water partition coefficient (Wildman–Crippen LogP) is 1.81. The standard InChI is InChI=1S/C25H27N5O4/c1-26-21(31)13-29(2)23(32)20-10-11-25(34-20)14-30(15-25)24(33)22-18-9-8-17(12-19(18)27-28-22)16-6-4-3-5-7-16/h3-9,12,20H,10-11,13-15H2,1-2H3,(H,26,31)(H,27,28). The molecule has 9 heteroatoms. The van der Waals surface area contributed by atoms with E-state index in [-0.39, 0.29) is 24.3 Å². The number of ether oxygens (including phenoxy) is 1. The Labute approximate surface area is 197 Å². The van der Waals surface area contributed by atoms with Crippen molar-refractivity contribution >= 4 is 28.6 Å². The molecule has 5 rings (SSSR count). The Morgan fingerprint density at radius 3 is 2.68 bits per heavy atom. The number of hydrogen-bond donors (Lipinski definition) is 2. The second-order valence-electron chi connectivity index (χ2n) is 9.06. The topological polar surface area (TPSA) is 108 Å². The second-order valence-corrected chi connectivity index (χ2v) is 9.06. The van der Waals surface area contributed by atoms with Crippen molar-refractivity contribution in [2.24, 2.45) is 0 Å². The number of rotatable bonds is 5. The first kappa shape index (κ1) is 22.1. The zero-order valence-corrected chi connectivity index (χ0v) is 19.2. The summed E-state index contributed by atoms with van der Waals surface area (Å²) in [5, 5.41) is 10.6. The van der Waals surface area contributed by atoms with Crippen molar-refractivity contribution in [3.05, 3.63) is 54.2 Å². The predicted molar refractivity (Wildman–Crippen MR) is 126 cm³/mol. The monoisotopic (exact) mass is 461 g/mol. The van der Waals surface area contributed by atoms with Crippen molar-refractivity contribution in [2.75, 3.05) is 33.7 Å². The molecule has 1 aromatic heterocycles. The Balaban J connectivity index is 1.23. The molecule has 2 N–H and O–H groups in total. The molecule has 0 bridgehead atoms. The summed E-state index contributed by atoms with van der Waals surface area (Å²) in [5.74, 6) is -0.594. The first-order valence-corrected chi connectivity index (χ1v) is 11.4. The maximum absolute atomic E-state index is 13.1. The van der Waals surface area contributed by atoms with Crippen molar-refractivity contribution in [1.82, 2.24) is 25.3 Å². The Hall–Kier alpha value is -3.72. The lowest BCUT2D eigenvalue weighted by molar-refractivity contribution is -0.159. The molecule has 176 valence electrons. The number of amides is 3. The average Bonchev–Trinajstić information content (AvgIpc) is 3.47. The highest BCUT2D eigenvalue weighted by Crippen LogP contribution is 2.39. The minimum atomic E-state index is -0.588. The summed E-state index contributed by atoms with van der Waals surface area (Å²) in [5.41, 5.74) is 2.84. The summed E-state index contributed by atoms with van der Waals surface area (Å²) in [4.78, 5) is 40.4. The van der Waals surface area contributed by atoms with Crippen LogP contribution in [0.4, 0.5) is 0 Å². The van der Waals surface area contributed by atoms with E-state index in [4.69, 9.17) is 4.74 Å². The highest BCUT2D eigenvalue weighted by atomic mass is 16.5. The van der Waals surface area contributed by atoms with Gasteiger partial charge in [0.15, 0.2) is 5.69 Å². The lowest BCUT2D eigenvalue weighted by atomic mass is 9.90. The third-order valence-electron chi connectivity index (χ3n) is 6.68. The molecule has 0 radical (unpaired) electrons. The van der Waals surface area contributed by atoms with Gasteiger partial charge in [0.1, 0.15) is 11.7 Å². The van der Waals surface area contributed by atoms with Crippen LogP contribution in [0.5, 0.6) is 0 Å². The van der Waals surface area contributed by atoms with E-state index in [1.165, 1.54) is 11.9 Å². The molecule has 1 spiro atoms. The van der Waals surface area contributed by atoms with Gasteiger partial charge in [0.05, 0.1) is 25.2 Å². The zero-order valence-electron chi connectivity index (χ0n) is 19.2. The second kappa shape index (κ2) is 8.57. The lowest BCUT2D eigenvalue weighted by Crippen LogP contribution is -2.63. The van der Waals surface area contributed by atoms with Gasteiger partial charge < -0.3 is 19.9 Å². The number of nitrogens with zero attached hydrogens (tertiary/aromatic N) is 3. The Morgan fingerprint density at radius 2 is 1.94 bits per heavy atom. The van der Waals surface area contributed by atoms with Gasteiger partial charge in [-0.15, -0.1) is 0 Å². The normalized spacial score (nSPS) is 18.6. The summed E-state index contributed by atoms with van der Waals surface area (Å²) in [7, 11) is 3.13. The molecular weight excluding hydrogens is 434 g/mol. The molecule has 2 aliphatic heterocycles. The molecule has 3 amide bonds. The van der Waals surface area contributed by atoms with Crippen LogP contribution in [-0.2, 0) is 14.3 Å². The van der Waals surface area contributed by atoms with Gasteiger partial charge in [0.25, 0.3) is 11.8 Å². The van der Waals surface area contributed by atoms with Crippen molar-refractivity contribution < 1.29 is 19.1 Å². The minimum Gasteiger partial charge on any atom is -0.358 e. The molecular formula is C25H27N5O4. The molecule has 2 saturated heterocycles. The number of aromatic amines is 1. The number of H-pyrrole nitrogens is 1. The third kappa shape index (κ3) is 3.92. The number of carbonyl (C=O) groups excluding carboxylic acids is 3. The molecule has 9 nitrogen and oxygen atoms in total. The van der Waals surface area contributed by atoms with Crippen LogP contribution >= 0.6 is 0 Å². The molecule has 2 aliphatic rings. The molecule has 0 saturated carbocycles. The van der Waals surface area contributed by atoms with Crippen LogP contribution in [0.1, 0.15) is 23.3 Å². The number of likely N-dealkylation sites (tertiary alicyclic amines) is 1. The summed E-state index contributed by atoms with van der Waals surface area (Å²) < 4.78 is 6.09. The van der Waals surface area contributed by atoms with Crippen LogP contribution in [0.3, 0.4) is 0 Å². The van der Waals surface area contributed by atoms with E-state index in [1.807, 2.05) is 48.5 Å². The number of likely N-dealkylation sites (N-methyl/N-ethyl adjacent to an activating group) is 2. The van der Waals surface area contributed by atoms with Gasteiger partial charge in [-0.1, -0.05) is 36.4 Å². The smallest absolute Gasteiger partial charge is 0.275 e. The van der Waals surface area contributed by atoms with Gasteiger partial charge in [-0.25, -0.2) is 0 Å². The minimum absolute atomic E-state index is 0.00890. The van der Waals surface area contributed by atoms with Gasteiger partial charge in [-0.2, -0.15) is 5.10 Å². The maximum Gasteiger partial charge on any atom is 0.275 e. The highest BCUT2D eigenvalue weighted by molar-refractivity contribution is 6.05. The number of benzene rings is 2. The van der Waals surface area contributed by atoms with Crippen LogP contribution in [0.25, 0.3) is 22.0 Å². The SMILES string of the molecule is CNC(=O)CN(C)C(=O)C1CCC2(CN(C(=O)c3n[nH]c4cc(-c5ccccc5)ccc34)C2)O1. The van der Waals surface area contributed by atoms with Crippen LogP contribution in [0.2, 0.25) is 0 Å². The Kier molecular flexibility index (Phi) is 5.57. The number of nitrogens with one attached hydrogen (secondary N) is 2. The largest absolute Gasteiger partial charge is 0.358 e. The Morgan fingerprint density at radius 1 is 1.18 bits per heavy atom. The lowest BCUT2D eigenvalue weighted by Gasteiger charge is -2.47. The fourth-order valence-electron chi connectivity index (χ4n) is 4.77. The van der Waals surface area contributed by atoms with Crippen molar-refractivity contribution in [3.63, 3.8) is 0 Å². The number of fused-ring (bicyclic) bond motifs is 1. The fourth-order valence-corrected chi connectivity index (χ4v) is 4.77. The van der Waals surface area contributed by atoms with E-state index in [9.17, 15) is 14.4 Å². The number of aromatic nitrogens is 2. The molecule has 34 heavy (non-hydrogen) atoms. The van der Waals surface area contributed by atoms with Crippen LogP contribution in [0, 0.1) is 0 Å². The summed E-state index contributed by atoms with van der Waals surface area (Å²) in [6.45, 7) is 0.835. The van der Waals surface area contributed by atoms with Gasteiger partial charge in [-0.3, -0.25) is 19.5 Å². The van der Waals surface area contributed by atoms with Crippen LogP contribution in [0.15, 0.2) is 48.5 Å². The Bertz CT molecular complexity index is 1250. The first-order valence-electron chi connectivity index (χ1n) is 11.4. The van der Waals surface area contributed by atoms with E-state index < -0.39 is 11.7 Å². The number of hydrogen-bond acceptors (Lipinski definition) is 5. The molecule has 0 aliphatic carbocycles. The first-order chi connectivity index (χ1) is 16.4. The quantitative estimate of drug-likeness (QED) is 0.603. The summed E-state index contributed by atoms with van der Waals surface area (Å²) in [6, 6.07) is 16.0. The number of carbonyl (C=O) groups is 3. The van der Waals surface area contributed by atoms with Gasteiger partial charge in [-0.05, 0) is 36.1 Å².